The molecule has 1 aliphatic rings. The van der Waals surface area contributed by atoms with Gasteiger partial charge in [0.15, 0.2) is 0 Å². The van der Waals surface area contributed by atoms with E-state index in [4.69, 9.17) is 20.9 Å². The van der Waals surface area contributed by atoms with Gasteiger partial charge in [-0.2, -0.15) is 4.98 Å². The van der Waals surface area contributed by atoms with E-state index in [1.807, 2.05) is 12.1 Å². The van der Waals surface area contributed by atoms with Gasteiger partial charge in [0, 0.05) is 13.7 Å². The molecule has 30 heavy (non-hydrogen) atoms. The number of aliphatic hydroxyl groups is 1. The van der Waals surface area contributed by atoms with E-state index >= 15 is 0 Å². The number of hydrogen-bond donors (Lipinski definition) is 1. The minimum atomic E-state index is -1.11. The minimum Gasteiger partial charge on any atom is -0.383 e. The van der Waals surface area contributed by atoms with Gasteiger partial charge in [-0.05, 0) is 37.8 Å². The molecule has 156 valence electrons. The molecule has 1 aromatic carbocycles. The lowest BCUT2D eigenvalue weighted by molar-refractivity contribution is 0.0112. The summed E-state index contributed by atoms with van der Waals surface area (Å²) in [5.74, 6) is 0.337. The van der Waals surface area contributed by atoms with Crippen molar-refractivity contribution in [1.82, 2.24) is 24.1 Å². The Hall–Kier alpha value is -2.75. The van der Waals surface area contributed by atoms with Crippen molar-refractivity contribution in [3.8, 4) is 11.5 Å². The zero-order valence-electron chi connectivity index (χ0n) is 16.3. The number of aromatic nitrogens is 5. The average Bonchev–Trinajstić information content (AvgIpc) is 3.47. The van der Waals surface area contributed by atoms with Gasteiger partial charge in [-0.1, -0.05) is 22.8 Å². The predicted octanol–water partition coefficient (Wildman–Crippen LogP) is 2.76. The summed E-state index contributed by atoms with van der Waals surface area (Å²) < 4.78 is 13.8. The van der Waals surface area contributed by atoms with Crippen molar-refractivity contribution >= 4 is 28.2 Å². The van der Waals surface area contributed by atoms with Gasteiger partial charge in [-0.15, -0.1) is 0 Å². The first kappa shape index (κ1) is 19.2. The molecule has 1 N–H and O–H groups in total. The Morgan fingerprint density at radius 2 is 2.10 bits per heavy atom. The fourth-order valence-electron chi connectivity index (χ4n) is 4.17. The average molecular weight is 430 g/mol. The SMILES string of the molecule is COCCn1c(=O)c2c(-c3noc(C4(O)CCCC4)n3)ncn2c2cccc(Cl)c21. The van der Waals surface area contributed by atoms with E-state index in [9.17, 15) is 9.90 Å². The summed E-state index contributed by atoms with van der Waals surface area (Å²) in [4.78, 5) is 22.2. The molecule has 0 bridgehead atoms. The smallest absolute Gasteiger partial charge is 0.277 e. The van der Waals surface area contributed by atoms with Crippen molar-refractivity contribution in [2.24, 2.45) is 0 Å². The maximum absolute atomic E-state index is 13.4. The number of nitrogens with zero attached hydrogens (tertiary/aromatic N) is 5. The van der Waals surface area contributed by atoms with Gasteiger partial charge in [-0.25, -0.2) is 4.98 Å². The Morgan fingerprint density at radius 1 is 1.30 bits per heavy atom. The third kappa shape index (κ3) is 2.84. The fraction of sp³-hybridized carbons (Fsp3) is 0.400. The lowest BCUT2D eigenvalue weighted by Crippen LogP contribution is -2.25. The topological polar surface area (TPSA) is 108 Å². The van der Waals surface area contributed by atoms with Crippen molar-refractivity contribution in [2.45, 2.75) is 37.8 Å². The number of benzene rings is 1. The maximum atomic E-state index is 13.4. The van der Waals surface area contributed by atoms with Crippen LogP contribution >= 0.6 is 11.6 Å². The van der Waals surface area contributed by atoms with Crippen molar-refractivity contribution in [3.63, 3.8) is 0 Å². The lowest BCUT2D eigenvalue weighted by Gasteiger charge is -2.15. The molecule has 0 radical (unpaired) electrons. The van der Waals surface area contributed by atoms with Crippen LogP contribution in [0, 0.1) is 0 Å². The second kappa shape index (κ2) is 7.19. The second-order valence-corrected chi connectivity index (χ2v) is 7.94. The normalized spacial score (nSPS) is 16.1. The molecule has 0 saturated heterocycles. The number of rotatable bonds is 5. The van der Waals surface area contributed by atoms with Gasteiger partial charge in [-0.3, -0.25) is 9.20 Å². The third-order valence-electron chi connectivity index (χ3n) is 5.70. The van der Waals surface area contributed by atoms with Crippen LogP contribution in [0.4, 0.5) is 0 Å². The van der Waals surface area contributed by atoms with Gasteiger partial charge in [0.1, 0.15) is 23.1 Å². The molecule has 1 aliphatic carbocycles. The standard InChI is InChI=1S/C20H20ClN5O4/c1-29-10-9-25-15-12(21)5-4-6-13(15)26-11-22-14(16(26)18(25)27)17-23-19(30-24-17)20(28)7-2-3-8-20/h4-6,11,28H,2-3,7-10H2,1H3. The first-order chi connectivity index (χ1) is 14.5. The molecule has 4 aromatic rings. The summed E-state index contributed by atoms with van der Waals surface area (Å²) in [6.07, 6.45) is 4.50. The molecule has 0 amide bonds. The number of hydrogen-bond acceptors (Lipinski definition) is 7. The lowest BCUT2D eigenvalue weighted by atomic mass is 10.0. The van der Waals surface area contributed by atoms with E-state index in [0.717, 1.165) is 18.4 Å². The van der Waals surface area contributed by atoms with E-state index in [-0.39, 0.29) is 17.3 Å². The largest absolute Gasteiger partial charge is 0.383 e. The van der Waals surface area contributed by atoms with Crippen LogP contribution < -0.4 is 5.56 Å². The molecule has 5 rings (SSSR count). The molecular formula is C20H20ClN5O4. The zero-order chi connectivity index (χ0) is 20.9. The summed E-state index contributed by atoms with van der Waals surface area (Å²) in [7, 11) is 1.58. The van der Waals surface area contributed by atoms with Gasteiger partial charge >= 0.3 is 0 Å². The molecule has 3 heterocycles. The molecule has 0 aliphatic heterocycles. The Bertz CT molecular complexity index is 1300. The maximum Gasteiger partial charge on any atom is 0.277 e. The van der Waals surface area contributed by atoms with E-state index in [2.05, 4.69) is 15.1 Å². The molecule has 0 atom stereocenters. The predicted molar refractivity (Wildman–Crippen MR) is 110 cm³/mol. The number of methoxy groups -OCH3 is 1. The Morgan fingerprint density at radius 3 is 2.87 bits per heavy atom. The quantitative estimate of drug-likeness (QED) is 0.519. The van der Waals surface area contributed by atoms with Crippen LogP contribution in [0.15, 0.2) is 33.8 Å². The number of para-hydroxylation sites is 1. The van der Waals surface area contributed by atoms with Crippen molar-refractivity contribution in [2.75, 3.05) is 13.7 Å². The molecular weight excluding hydrogens is 410 g/mol. The minimum absolute atomic E-state index is 0.166. The molecule has 9 nitrogen and oxygen atoms in total. The first-order valence-electron chi connectivity index (χ1n) is 9.77. The highest BCUT2D eigenvalue weighted by atomic mass is 35.5. The fourth-order valence-corrected chi connectivity index (χ4v) is 4.44. The molecule has 0 unspecified atom stereocenters. The summed E-state index contributed by atoms with van der Waals surface area (Å²) >= 11 is 6.43. The van der Waals surface area contributed by atoms with Crippen molar-refractivity contribution in [1.29, 1.82) is 0 Å². The summed E-state index contributed by atoms with van der Waals surface area (Å²) in [5, 5.41) is 15.2. The van der Waals surface area contributed by atoms with Crippen LogP contribution in [-0.2, 0) is 16.9 Å². The first-order valence-corrected chi connectivity index (χ1v) is 10.2. The van der Waals surface area contributed by atoms with Gasteiger partial charge in [0.25, 0.3) is 11.4 Å². The van der Waals surface area contributed by atoms with Crippen LogP contribution in [0.25, 0.3) is 28.1 Å². The van der Waals surface area contributed by atoms with E-state index in [1.165, 1.54) is 0 Å². The Kier molecular flexibility index (Phi) is 4.61. The highest BCUT2D eigenvalue weighted by Gasteiger charge is 2.39. The highest BCUT2D eigenvalue weighted by molar-refractivity contribution is 6.35. The number of ether oxygens (including phenoxy) is 1. The van der Waals surface area contributed by atoms with Gasteiger partial charge in [0.05, 0.1) is 22.7 Å². The monoisotopic (exact) mass is 429 g/mol. The summed E-state index contributed by atoms with van der Waals surface area (Å²) in [6.45, 7) is 0.674. The Labute approximate surface area is 175 Å². The molecule has 0 spiro atoms. The highest BCUT2D eigenvalue weighted by Crippen LogP contribution is 2.38. The van der Waals surface area contributed by atoms with Crippen molar-refractivity contribution < 1.29 is 14.4 Å². The van der Waals surface area contributed by atoms with Crippen LogP contribution in [0.2, 0.25) is 5.02 Å². The van der Waals surface area contributed by atoms with Crippen LogP contribution in [-0.4, -0.2) is 42.9 Å². The van der Waals surface area contributed by atoms with Gasteiger partial charge in [0.2, 0.25) is 5.82 Å². The van der Waals surface area contributed by atoms with E-state index in [0.29, 0.717) is 47.7 Å². The molecule has 10 heteroatoms. The van der Waals surface area contributed by atoms with Crippen molar-refractivity contribution in [3.05, 3.63) is 45.8 Å². The number of halogens is 1. The number of fused-ring (bicyclic) bond motifs is 3. The van der Waals surface area contributed by atoms with Crippen LogP contribution in [0.3, 0.4) is 0 Å². The molecule has 1 fully saturated rings. The molecule has 3 aromatic heterocycles. The molecule has 1 saturated carbocycles. The van der Waals surface area contributed by atoms with E-state index in [1.54, 1.807) is 28.5 Å². The number of imidazole rings is 1. The summed E-state index contributed by atoms with van der Waals surface area (Å²) in [6, 6.07) is 5.42. The summed E-state index contributed by atoms with van der Waals surface area (Å²) in [5.41, 5.74) is 0.541. The second-order valence-electron chi connectivity index (χ2n) is 7.53. The van der Waals surface area contributed by atoms with E-state index < -0.39 is 5.60 Å². The van der Waals surface area contributed by atoms with Crippen LogP contribution in [0.5, 0.6) is 0 Å². The Balaban J connectivity index is 1.74. The van der Waals surface area contributed by atoms with Crippen LogP contribution in [0.1, 0.15) is 31.6 Å². The third-order valence-corrected chi connectivity index (χ3v) is 6.00. The van der Waals surface area contributed by atoms with Gasteiger partial charge < -0.3 is 18.9 Å². The zero-order valence-corrected chi connectivity index (χ0v) is 17.1.